The summed E-state index contributed by atoms with van der Waals surface area (Å²) in [6.07, 6.45) is 3.14. The van der Waals surface area contributed by atoms with Crippen LogP contribution in [0, 0.1) is 21.4 Å². The molecule has 0 aliphatic rings. The molecule has 0 saturated heterocycles. The molecule has 0 aliphatic carbocycles. The third-order valence-electron chi connectivity index (χ3n) is 6.46. The summed E-state index contributed by atoms with van der Waals surface area (Å²) in [5, 5.41) is 24.8. The molecule has 42 heavy (non-hydrogen) atoms. The number of aryl methyl sites for hydroxylation is 1. The van der Waals surface area contributed by atoms with E-state index in [4.69, 9.17) is 14.7 Å². The summed E-state index contributed by atoms with van der Waals surface area (Å²) in [5.74, 6) is -0.333. The molecule has 4 aromatic rings. The summed E-state index contributed by atoms with van der Waals surface area (Å²) in [6, 6.07) is 12.4. The minimum Gasteiger partial charge on any atom is -0.494 e. The number of nitrogens with zero attached hydrogens (tertiary/aromatic N) is 7. The maximum atomic E-state index is 12.8. The number of rotatable bonds is 11. The number of ether oxygens (including phenoxy) is 2. The number of benzene rings is 2. The normalized spacial score (nSPS) is 10.6. The van der Waals surface area contributed by atoms with E-state index in [-0.39, 0.29) is 36.0 Å². The smallest absolute Gasteiger partial charge is 0.342 e. The van der Waals surface area contributed by atoms with E-state index in [2.05, 4.69) is 15.3 Å². The molecule has 220 valence electrons. The number of para-hydroxylation sites is 1. The first-order chi connectivity index (χ1) is 19.6. The van der Waals surface area contributed by atoms with Gasteiger partial charge in [0.15, 0.2) is 6.61 Å². The van der Waals surface area contributed by atoms with Gasteiger partial charge in [0.1, 0.15) is 23.1 Å². The predicted octanol–water partition coefficient (Wildman–Crippen LogP) is 4.61. The summed E-state index contributed by atoms with van der Waals surface area (Å²) >= 11 is 0. The van der Waals surface area contributed by atoms with Crippen molar-refractivity contribution >= 4 is 39.9 Å². The average Bonchev–Trinajstić information content (AvgIpc) is 3.30. The van der Waals surface area contributed by atoms with Gasteiger partial charge >= 0.3 is 5.97 Å². The van der Waals surface area contributed by atoms with Crippen LogP contribution in [0.1, 0.15) is 17.8 Å². The van der Waals surface area contributed by atoms with Gasteiger partial charge in [0.05, 0.1) is 23.4 Å². The lowest BCUT2D eigenvalue weighted by molar-refractivity contribution is -0.384. The number of carbonyl (C=O) groups is 1. The molecule has 0 bridgehead atoms. The number of nitro benzene ring substituents is 1. The number of likely N-dealkylation sites (N-methyl/N-ethyl adjacent to an activating group) is 2. The van der Waals surface area contributed by atoms with Gasteiger partial charge in [0, 0.05) is 68.2 Å². The lowest BCUT2D eigenvalue weighted by Gasteiger charge is -2.22. The number of esters is 1. The standard InChI is InChI=1S/C28H30N8O5.CH4/c1-33(2)11-12-34(3)23-15-25(40-5)21(14-24(23)36(38)39)31-28-30-16-19(27(37)41-13-10-29)26(32-28)20-17-35(4)22-9-7-6-8-18(20)22;/h6-9,14-17H,11-13H2,1-5H3,(H,30,31,32);1H4. The second kappa shape index (κ2) is 13.4. The molecule has 2 aromatic carbocycles. The van der Waals surface area contributed by atoms with Gasteiger partial charge in [0.2, 0.25) is 5.95 Å². The lowest BCUT2D eigenvalue weighted by Crippen LogP contribution is -2.29. The van der Waals surface area contributed by atoms with Crippen molar-refractivity contribution in [3.05, 3.63) is 64.5 Å². The van der Waals surface area contributed by atoms with E-state index in [0.717, 1.165) is 10.9 Å². The second-order valence-corrected chi connectivity index (χ2v) is 9.51. The third-order valence-corrected chi connectivity index (χ3v) is 6.46. The topological polar surface area (TPSA) is 152 Å². The highest BCUT2D eigenvalue weighted by atomic mass is 16.6. The number of aromatic nitrogens is 3. The molecular weight excluding hydrogens is 540 g/mol. The highest BCUT2D eigenvalue weighted by Crippen LogP contribution is 2.39. The Morgan fingerprint density at radius 1 is 1.21 bits per heavy atom. The molecule has 2 heterocycles. The number of anilines is 3. The first-order valence-electron chi connectivity index (χ1n) is 12.6. The number of carbonyl (C=O) groups excluding carboxylic acids is 1. The molecule has 2 aromatic heterocycles. The van der Waals surface area contributed by atoms with Crippen molar-refractivity contribution in [1.29, 1.82) is 5.26 Å². The average molecular weight is 575 g/mol. The van der Waals surface area contributed by atoms with Gasteiger partial charge < -0.3 is 29.2 Å². The molecule has 0 aliphatic heterocycles. The quantitative estimate of drug-likeness (QED) is 0.152. The van der Waals surface area contributed by atoms with Gasteiger partial charge in [-0.05, 0) is 20.2 Å². The summed E-state index contributed by atoms with van der Waals surface area (Å²) in [5.41, 5.74) is 2.44. The monoisotopic (exact) mass is 574 g/mol. The highest BCUT2D eigenvalue weighted by Gasteiger charge is 2.24. The van der Waals surface area contributed by atoms with E-state index < -0.39 is 17.5 Å². The predicted molar refractivity (Wildman–Crippen MR) is 161 cm³/mol. The highest BCUT2D eigenvalue weighted by molar-refractivity contribution is 6.03. The van der Waals surface area contributed by atoms with Crippen molar-refractivity contribution < 1.29 is 19.2 Å². The van der Waals surface area contributed by atoms with Gasteiger partial charge in [-0.3, -0.25) is 10.1 Å². The first kappa shape index (κ1) is 31.3. The number of nitro groups is 1. The zero-order valence-electron chi connectivity index (χ0n) is 23.4. The molecule has 0 unspecified atom stereocenters. The number of fused-ring (bicyclic) bond motifs is 1. The third kappa shape index (κ3) is 6.56. The van der Waals surface area contributed by atoms with Crippen LogP contribution in [0.5, 0.6) is 5.75 Å². The van der Waals surface area contributed by atoms with Crippen LogP contribution in [0.15, 0.2) is 48.8 Å². The summed E-state index contributed by atoms with van der Waals surface area (Å²) in [7, 11) is 8.98. The SMILES string of the molecule is C.COc1cc(N(C)CCN(C)C)c([N+](=O)[O-])cc1Nc1ncc(C(=O)OCC#N)c(-c2cn(C)c3ccccc23)n1. The molecule has 13 nitrogen and oxygen atoms in total. The zero-order valence-corrected chi connectivity index (χ0v) is 23.4. The van der Waals surface area contributed by atoms with E-state index in [1.54, 1.807) is 24.1 Å². The fraction of sp³-hybridized carbons (Fsp3) is 0.310. The van der Waals surface area contributed by atoms with E-state index in [0.29, 0.717) is 30.1 Å². The number of nitrogens with one attached hydrogen (secondary N) is 1. The fourth-order valence-corrected chi connectivity index (χ4v) is 4.37. The molecule has 0 fully saturated rings. The number of hydrogen-bond acceptors (Lipinski definition) is 11. The van der Waals surface area contributed by atoms with E-state index in [9.17, 15) is 14.9 Å². The van der Waals surface area contributed by atoms with Gasteiger partial charge in [-0.2, -0.15) is 5.26 Å². The Morgan fingerprint density at radius 3 is 2.62 bits per heavy atom. The van der Waals surface area contributed by atoms with Crippen LogP contribution in [0.25, 0.3) is 22.2 Å². The molecule has 13 heteroatoms. The lowest BCUT2D eigenvalue weighted by atomic mass is 10.1. The molecule has 0 radical (unpaired) electrons. The Balaban J connectivity index is 0.00000484. The van der Waals surface area contributed by atoms with Gasteiger partial charge in [-0.15, -0.1) is 0 Å². The number of methoxy groups -OCH3 is 1. The van der Waals surface area contributed by atoms with Crippen LogP contribution < -0.4 is 15.0 Å². The molecule has 1 N–H and O–H groups in total. The van der Waals surface area contributed by atoms with E-state index in [1.807, 2.05) is 61.1 Å². The van der Waals surface area contributed by atoms with E-state index in [1.165, 1.54) is 19.4 Å². The molecule has 0 spiro atoms. The van der Waals surface area contributed by atoms with Crippen LogP contribution in [0.3, 0.4) is 0 Å². The Kier molecular flexibility index (Phi) is 10.0. The van der Waals surface area contributed by atoms with Crippen LogP contribution in [-0.2, 0) is 11.8 Å². The van der Waals surface area contributed by atoms with Crippen molar-refractivity contribution in [2.45, 2.75) is 7.43 Å². The van der Waals surface area contributed by atoms with Crippen molar-refractivity contribution in [1.82, 2.24) is 19.4 Å². The minimum atomic E-state index is -0.751. The Labute approximate surface area is 244 Å². The first-order valence-corrected chi connectivity index (χ1v) is 12.6. The van der Waals surface area contributed by atoms with Crippen LogP contribution in [0.2, 0.25) is 0 Å². The Hall–Kier alpha value is -5.22. The van der Waals surface area contributed by atoms with Crippen LogP contribution >= 0.6 is 0 Å². The van der Waals surface area contributed by atoms with Gasteiger partial charge in [-0.25, -0.2) is 14.8 Å². The second-order valence-electron chi connectivity index (χ2n) is 9.51. The van der Waals surface area contributed by atoms with Gasteiger partial charge in [-0.1, -0.05) is 25.6 Å². The van der Waals surface area contributed by atoms with Crippen molar-refractivity contribution in [3.63, 3.8) is 0 Å². The van der Waals surface area contributed by atoms with Crippen molar-refractivity contribution in [2.24, 2.45) is 7.05 Å². The zero-order chi connectivity index (χ0) is 29.7. The maximum Gasteiger partial charge on any atom is 0.342 e. The molecule has 0 atom stereocenters. The Bertz CT molecular complexity index is 1640. The van der Waals surface area contributed by atoms with Crippen molar-refractivity contribution in [3.8, 4) is 23.1 Å². The van der Waals surface area contributed by atoms with Crippen molar-refractivity contribution in [2.75, 3.05) is 58.2 Å². The summed E-state index contributed by atoms with van der Waals surface area (Å²) in [4.78, 5) is 37.1. The molecule has 4 rings (SSSR count). The maximum absolute atomic E-state index is 12.8. The van der Waals surface area contributed by atoms with Crippen LogP contribution in [0.4, 0.5) is 23.0 Å². The van der Waals surface area contributed by atoms with E-state index >= 15 is 0 Å². The summed E-state index contributed by atoms with van der Waals surface area (Å²) < 4.78 is 12.5. The van der Waals surface area contributed by atoms with Gasteiger partial charge in [0.25, 0.3) is 5.69 Å². The minimum absolute atomic E-state index is 0. The fourth-order valence-electron chi connectivity index (χ4n) is 4.37. The Morgan fingerprint density at radius 2 is 1.95 bits per heavy atom. The summed E-state index contributed by atoms with van der Waals surface area (Å²) in [6.45, 7) is 0.832. The number of hydrogen-bond donors (Lipinski definition) is 1. The van der Waals surface area contributed by atoms with Crippen LogP contribution in [-0.4, -0.2) is 78.3 Å². The molecule has 0 saturated carbocycles. The molecular formula is C29H34N8O5. The molecule has 0 amide bonds. The number of nitriles is 1. The largest absolute Gasteiger partial charge is 0.494 e.